The molecule has 0 bridgehead atoms. The monoisotopic (exact) mass is 261 g/mol. The summed E-state index contributed by atoms with van der Waals surface area (Å²) in [6.07, 6.45) is 8.45. The minimum atomic E-state index is 0.580. The van der Waals surface area contributed by atoms with Gasteiger partial charge in [0.05, 0.1) is 0 Å². The van der Waals surface area contributed by atoms with E-state index in [4.69, 9.17) is 0 Å². The van der Waals surface area contributed by atoms with Gasteiger partial charge in [0.2, 0.25) is 0 Å². The molecule has 1 aromatic heterocycles. The molecule has 1 aliphatic rings. The molecule has 0 saturated carbocycles. The lowest BCUT2D eigenvalue weighted by molar-refractivity contribution is 0.157. The maximum Gasteiger partial charge on any atom is 0.125 e. The summed E-state index contributed by atoms with van der Waals surface area (Å²) in [5.74, 6) is 1.01. The van der Waals surface area contributed by atoms with Crippen LogP contribution in [0.5, 0.6) is 0 Å². The first-order valence-corrected chi connectivity index (χ1v) is 7.79. The van der Waals surface area contributed by atoms with Crippen molar-refractivity contribution in [1.82, 2.24) is 9.88 Å². The molecule has 2 heterocycles. The van der Waals surface area contributed by atoms with E-state index < -0.39 is 0 Å². The number of hydrogen-bond donors (Lipinski definition) is 1. The molecule has 0 aliphatic carbocycles. The van der Waals surface area contributed by atoms with Crippen molar-refractivity contribution in [3.63, 3.8) is 0 Å². The highest BCUT2D eigenvalue weighted by atomic mass is 15.2. The Labute approximate surface area is 117 Å². The summed E-state index contributed by atoms with van der Waals surface area (Å²) >= 11 is 0. The number of rotatable bonds is 6. The van der Waals surface area contributed by atoms with Crippen LogP contribution in [0.25, 0.3) is 0 Å². The van der Waals surface area contributed by atoms with E-state index >= 15 is 0 Å². The van der Waals surface area contributed by atoms with E-state index in [2.05, 4.69) is 47.4 Å². The Kier molecular flexibility index (Phi) is 5.64. The van der Waals surface area contributed by atoms with Gasteiger partial charge in [0.1, 0.15) is 5.82 Å². The number of likely N-dealkylation sites (tertiary alicyclic amines) is 1. The highest BCUT2D eigenvalue weighted by Crippen LogP contribution is 2.30. The maximum absolute atomic E-state index is 4.56. The van der Waals surface area contributed by atoms with Crippen molar-refractivity contribution in [2.45, 2.75) is 52.0 Å². The minimum absolute atomic E-state index is 0.580. The fraction of sp³-hybridized carbons (Fsp3) is 0.688. The van der Waals surface area contributed by atoms with Gasteiger partial charge >= 0.3 is 0 Å². The van der Waals surface area contributed by atoms with Gasteiger partial charge < -0.3 is 5.32 Å². The summed E-state index contributed by atoms with van der Waals surface area (Å²) in [6, 6.07) is 4.96. The van der Waals surface area contributed by atoms with Crippen LogP contribution < -0.4 is 5.32 Å². The average molecular weight is 261 g/mol. The highest BCUT2D eigenvalue weighted by molar-refractivity contribution is 5.36. The van der Waals surface area contributed by atoms with Crippen molar-refractivity contribution in [2.24, 2.45) is 0 Å². The molecular weight excluding hydrogens is 234 g/mol. The largest absolute Gasteiger partial charge is 0.370 e. The third-order valence-corrected chi connectivity index (χ3v) is 4.03. The van der Waals surface area contributed by atoms with Crippen LogP contribution in [0.3, 0.4) is 0 Å². The highest BCUT2D eigenvalue weighted by Gasteiger charge is 2.22. The summed E-state index contributed by atoms with van der Waals surface area (Å²) in [4.78, 5) is 7.13. The predicted octanol–water partition coefficient (Wildman–Crippen LogP) is 3.84. The van der Waals surface area contributed by atoms with Crippen molar-refractivity contribution in [3.8, 4) is 0 Å². The normalized spacial score (nSPS) is 20.4. The molecule has 1 aromatic rings. The van der Waals surface area contributed by atoms with E-state index in [1.165, 1.54) is 44.2 Å². The van der Waals surface area contributed by atoms with Crippen molar-refractivity contribution in [3.05, 3.63) is 23.9 Å². The Bertz CT molecular complexity index is 361. The second kappa shape index (κ2) is 7.49. The number of nitrogens with zero attached hydrogens (tertiary/aromatic N) is 2. The summed E-state index contributed by atoms with van der Waals surface area (Å²) in [6.45, 7) is 7.86. The van der Waals surface area contributed by atoms with Crippen molar-refractivity contribution in [1.29, 1.82) is 0 Å². The first-order chi connectivity index (χ1) is 9.35. The fourth-order valence-corrected chi connectivity index (χ4v) is 2.85. The zero-order valence-corrected chi connectivity index (χ0v) is 12.4. The SMILES string of the molecule is CCCCNc1ccc([C@@H]2CCCCN2CC)cn1. The number of piperidine rings is 1. The zero-order chi connectivity index (χ0) is 13.5. The maximum atomic E-state index is 4.56. The molecule has 1 atom stereocenters. The van der Waals surface area contributed by atoms with Gasteiger partial charge in [-0.25, -0.2) is 4.98 Å². The minimum Gasteiger partial charge on any atom is -0.370 e. The molecule has 1 saturated heterocycles. The molecule has 0 unspecified atom stereocenters. The van der Waals surface area contributed by atoms with E-state index in [1.54, 1.807) is 0 Å². The standard InChI is InChI=1S/C16H27N3/c1-3-5-11-17-16-10-9-14(13-18-16)15-8-6-7-12-19(15)4-2/h9-10,13,15H,3-8,11-12H2,1-2H3,(H,17,18)/t15-/m0/s1. The first kappa shape index (κ1) is 14.3. The van der Waals surface area contributed by atoms with E-state index in [9.17, 15) is 0 Å². The summed E-state index contributed by atoms with van der Waals surface area (Å²) in [5.41, 5.74) is 1.38. The van der Waals surface area contributed by atoms with Crippen LogP contribution in [-0.4, -0.2) is 29.5 Å². The quantitative estimate of drug-likeness (QED) is 0.789. The van der Waals surface area contributed by atoms with Crippen LogP contribution in [-0.2, 0) is 0 Å². The third-order valence-electron chi connectivity index (χ3n) is 4.03. The molecule has 0 radical (unpaired) electrons. The number of anilines is 1. The fourth-order valence-electron chi connectivity index (χ4n) is 2.85. The van der Waals surface area contributed by atoms with Crippen molar-refractivity contribution < 1.29 is 0 Å². The van der Waals surface area contributed by atoms with E-state index in [0.29, 0.717) is 6.04 Å². The molecule has 19 heavy (non-hydrogen) atoms. The number of pyridine rings is 1. The average Bonchev–Trinajstić information content (AvgIpc) is 2.48. The topological polar surface area (TPSA) is 28.2 Å². The van der Waals surface area contributed by atoms with Crippen molar-refractivity contribution in [2.75, 3.05) is 25.0 Å². The molecular formula is C16H27N3. The van der Waals surface area contributed by atoms with E-state index in [1.807, 2.05) is 0 Å². The van der Waals surface area contributed by atoms with Gasteiger partial charge in [-0.05, 0) is 44.0 Å². The molecule has 1 N–H and O–H groups in total. The lowest BCUT2D eigenvalue weighted by Crippen LogP contribution is -2.33. The molecule has 106 valence electrons. The van der Waals surface area contributed by atoms with Gasteiger partial charge in [0, 0.05) is 18.8 Å². The Balaban J connectivity index is 1.96. The van der Waals surface area contributed by atoms with Crippen LogP contribution >= 0.6 is 0 Å². The smallest absolute Gasteiger partial charge is 0.125 e. The molecule has 0 amide bonds. The van der Waals surface area contributed by atoms with E-state index in [0.717, 1.165) is 18.9 Å². The van der Waals surface area contributed by atoms with Crippen LogP contribution in [0.1, 0.15) is 57.6 Å². The second-order valence-electron chi connectivity index (χ2n) is 5.40. The van der Waals surface area contributed by atoms with Crippen LogP contribution in [0, 0.1) is 0 Å². The molecule has 0 spiro atoms. The Hall–Kier alpha value is -1.09. The Morgan fingerprint density at radius 2 is 2.21 bits per heavy atom. The van der Waals surface area contributed by atoms with Gasteiger partial charge in [0.25, 0.3) is 0 Å². The van der Waals surface area contributed by atoms with Gasteiger partial charge in [-0.2, -0.15) is 0 Å². The van der Waals surface area contributed by atoms with Gasteiger partial charge in [-0.3, -0.25) is 4.90 Å². The molecule has 2 rings (SSSR count). The number of aromatic nitrogens is 1. The van der Waals surface area contributed by atoms with E-state index in [-0.39, 0.29) is 0 Å². The molecule has 3 heteroatoms. The lowest BCUT2D eigenvalue weighted by Gasteiger charge is -2.35. The second-order valence-corrected chi connectivity index (χ2v) is 5.40. The predicted molar refractivity (Wildman–Crippen MR) is 81.5 cm³/mol. The van der Waals surface area contributed by atoms with Gasteiger partial charge in [-0.1, -0.05) is 32.8 Å². The van der Waals surface area contributed by atoms with Crippen molar-refractivity contribution >= 4 is 5.82 Å². The van der Waals surface area contributed by atoms with Crippen LogP contribution in [0.4, 0.5) is 5.82 Å². The summed E-state index contributed by atoms with van der Waals surface area (Å²) < 4.78 is 0. The molecule has 1 fully saturated rings. The first-order valence-electron chi connectivity index (χ1n) is 7.79. The summed E-state index contributed by atoms with van der Waals surface area (Å²) in [5, 5.41) is 3.38. The van der Waals surface area contributed by atoms with Crippen LogP contribution in [0.15, 0.2) is 18.3 Å². The molecule has 1 aliphatic heterocycles. The number of unbranched alkanes of at least 4 members (excludes halogenated alkanes) is 1. The number of hydrogen-bond acceptors (Lipinski definition) is 3. The Morgan fingerprint density at radius 3 is 2.89 bits per heavy atom. The number of nitrogens with one attached hydrogen (secondary N) is 1. The van der Waals surface area contributed by atoms with Gasteiger partial charge in [-0.15, -0.1) is 0 Å². The summed E-state index contributed by atoms with van der Waals surface area (Å²) in [7, 11) is 0. The zero-order valence-electron chi connectivity index (χ0n) is 12.4. The molecule has 3 nitrogen and oxygen atoms in total. The van der Waals surface area contributed by atoms with Gasteiger partial charge in [0.15, 0.2) is 0 Å². The molecule has 0 aromatic carbocycles. The van der Waals surface area contributed by atoms with Crippen LogP contribution in [0.2, 0.25) is 0 Å². The third kappa shape index (κ3) is 3.93. The Morgan fingerprint density at radius 1 is 1.32 bits per heavy atom. The lowest BCUT2D eigenvalue weighted by atomic mass is 9.96.